The van der Waals surface area contributed by atoms with Crippen LogP contribution in [0.5, 0.6) is 17.2 Å². The number of esters is 1. The summed E-state index contributed by atoms with van der Waals surface area (Å²) < 4.78 is 15.9. The lowest BCUT2D eigenvalue weighted by Crippen LogP contribution is -2.20. The summed E-state index contributed by atoms with van der Waals surface area (Å²) in [7, 11) is 4.69. The van der Waals surface area contributed by atoms with Crippen LogP contribution in [0.3, 0.4) is 0 Å². The molecule has 2 aromatic rings. The van der Waals surface area contributed by atoms with E-state index in [1.54, 1.807) is 30.2 Å². The van der Waals surface area contributed by atoms with Gasteiger partial charge in [0.2, 0.25) is 5.75 Å². The smallest absolute Gasteiger partial charge is 0.308 e. The van der Waals surface area contributed by atoms with Gasteiger partial charge in [-0.15, -0.1) is 0 Å². The Morgan fingerprint density at radius 1 is 1.08 bits per heavy atom. The second-order valence-electron chi connectivity index (χ2n) is 5.79. The van der Waals surface area contributed by atoms with E-state index in [4.69, 9.17) is 14.2 Å². The minimum atomic E-state index is -0.478. The molecule has 0 aliphatic carbocycles. The Morgan fingerprint density at radius 2 is 1.69 bits per heavy atom. The first-order valence-corrected chi connectivity index (χ1v) is 8.00. The van der Waals surface area contributed by atoms with Gasteiger partial charge in [-0.1, -0.05) is 18.2 Å². The van der Waals surface area contributed by atoms with Crippen molar-refractivity contribution in [3.05, 3.63) is 47.5 Å². The molecule has 0 bridgehead atoms. The first kappa shape index (κ1) is 17.5. The van der Waals surface area contributed by atoms with Gasteiger partial charge in [0.05, 0.1) is 19.9 Å². The molecule has 0 radical (unpaired) electrons. The standard InChI is InChI=1S/C20H19NO5/c1-12(22)26-19-17(24-3)10-13(11-18(19)25-4)9-15-14-7-5-6-8-16(14)21(2)20(15)23/h5-11H,1-4H3/b15-9-. The summed E-state index contributed by atoms with van der Waals surface area (Å²) >= 11 is 0. The van der Waals surface area contributed by atoms with Gasteiger partial charge >= 0.3 is 5.97 Å². The Labute approximate surface area is 151 Å². The quantitative estimate of drug-likeness (QED) is 0.480. The van der Waals surface area contributed by atoms with Crippen LogP contribution in [0.25, 0.3) is 11.6 Å². The minimum absolute atomic E-state index is 0.0896. The van der Waals surface area contributed by atoms with E-state index in [1.165, 1.54) is 21.1 Å². The first-order chi connectivity index (χ1) is 12.5. The molecular weight excluding hydrogens is 334 g/mol. The third kappa shape index (κ3) is 3.01. The Bertz CT molecular complexity index is 891. The van der Waals surface area contributed by atoms with E-state index in [9.17, 15) is 9.59 Å². The Hall–Kier alpha value is -3.28. The zero-order valence-electron chi connectivity index (χ0n) is 15.0. The number of hydrogen-bond acceptors (Lipinski definition) is 5. The largest absolute Gasteiger partial charge is 0.493 e. The molecule has 0 saturated carbocycles. The van der Waals surface area contributed by atoms with Crippen molar-refractivity contribution in [1.29, 1.82) is 0 Å². The van der Waals surface area contributed by atoms with E-state index < -0.39 is 5.97 Å². The molecule has 0 N–H and O–H groups in total. The number of benzene rings is 2. The van der Waals surface area contributed by atoms with E-state index >= 15 is 0 Å². The highest BCUT2D eigenvalue weighted by atomic mass is 16.6. The molecule has 0 spiro atoms. The number of methoxy groups -OCH3 is 2. The molecular formula is C20H19NO5. The van der Waals surface area contributed by atoms with Gasteiger partial charge in [-0.25, -0.2) is 0 Å². The van der Waals surface area contributed by atoms with Crippen LogP contribution in [0.2, 0.25) is 0 Å². The number of carbonyl (C=O) groups is 2. The van der Waals surface area contributed by atoms with Gasteiger partial charge in [0.1, 0.15) is 0 Å². The van der Waals surface area contributed by atoms with E-state index in [0.717, 1.165) is 11.3 Å². The van der Waals surface area contributed by atoms with Crippen molar-refractivity contribution in [1.82, 2.24) is 0 Å². The molecule has 26 heavy (non-hydrogen) atoms. The second-order valence-corrected chi connectivity index (χ2v) is 5.79. The topological polar surface area (TPSA) is 65.1 Å². The Kier molecular flexibility index (Phi) is 4.67. The predicted molar refractivity (Wildman–Crippen MR) is 98.6 cm³/mol. The zero-order chi connectivity index (χ0) is 18.8. The molecule has 0 unspecified atom stereocenters. The number of rotatable bonds is 4. The van der Waals surface area contributed by atoms with E-state index in [1.807, 2.05) is 24.3 Å². The van der Waals surface area contributed by atoms with Crippen LogP contribution in [-0.4, -0.2) is 33.1 Å². The Morgan fingerprint density at radius 3 is 2.27 bits per heavy atom. The number of likely N-dealkylation sites (N-methyl/N-ethyl adjacent to an activating group) is 1. The first-order valence-electron chi connectivity index (χ1n) is 8.00. The zero-order valence-corrected chi connectivity index (χ0v) is 15.0. The van der Waals surface area contributed by atoms with Gasteiger partial charge in [0, 0.05) is 25.1 Å². The van der Waals surface area contributed by atoms with E-state index in [-0.39, 0.29) is 11.7 Å². The van der Waals surface area contributed by atoms with E-state index in [0.29, 0.717) is 22.6 Å². The molecule has 3 rings (SSSR count). The highest BCUT2D eigenvalue weighted by Crippen LogP contribution is 2.41. The van der Waals surface area contributed by atoms with Gasteiger partial charge < -0.3 is 19.1 Å². The van der Waals surface area contributed by atoms with Crippen molar-refractivity contribution in [3.8, 4) is 17.2 Å². The molecule has 2 aromatic carbocycles. The summed E-state index contributed by atoms with van der Waals surface area (Å²) in [5.41, 5.74) is 3.00. The number of anilines is 1. The lowest BCUT2D eigenvalue weighted by Gasteiger charge is -2.13. The summed E-state index contributed by atoms with van der Waals surface area (Å²) in [6.45, 7) is 1.30. The van der Waals surface area contributed by atoms with E-state index in [2.05, 4.69) is 0 Å². The molecule has 134 valence electrons. The van der Waals surface area contributed by atoms with Crippen molar-refractivity contribution in [2.75, 3.05) is 26.2 Å². The van der Waals surface area contributed by atoms with Gasteiger partial charge in [-0.2, -0.15) is 0 Å². The summed E-state index contributed by atoms with van der Waals surface area (Å²) in [5, 5.41) is 0. The van der Waals surface area contributed by atoms with Crippen molar-refractivity contribution >= 4 is 29.2 Å². The maximum Gasteiger partial charge on any atom is 0.308 e. The number of nitrogens with zero attached hydrogens (tertiary/aromatic N) is 1. The normalized spacial score (nSPS) is 14.4. The summed E-state index contributed by atoms with van der Waals surface area (Å²) in [6.07, 6.45) is 1.77. The second kappa shape index (κ2) is 6.92. The highest BCUT2D eigenvalue weighted by Gasteiger charge is 2.29. The van der Waals surface area contributed by atoms with Crippen LogP contribution in [-0.2, 0) is 9.59 Å². The highest BCUT2D eigenvalue weighted by molar-refractivity contribution is 6.35. The number of fused-ring (bicyclic) bond motifs is 1. The molecule has 1 aliphatic heterocycles. The molecule has 1 aliphatic rings. The number of para-hydroxylation sites is 1. The fourth-order valence-corrected chi connectivity index (χ4v) is 2.93. The molecule has 0 atom stereocenters. The van der Waals surface area contributed by atoms with Crippen molar-refractivity contribution in [2.45, 2.75) is 6.92 Å². The summed E-state index contributed by atoms with van der Waals surface area (Å²) in [6, 6.07) is 11.0. The summed E-state index contributed by atoms with van der Waals surface area (Å²) in [5.74, 6) is 0.333. The fraction of sp³-hybridized carbons (Fsp3) is 0.200. The average molecular weight is 353 g/mol. The number of carbonyl (C=O) groups excluding carboxylic acids is 2. The van der Waals surface area contributed by atoms with Crippen molar-refractivity contribution < 1.29 is 23.8 Å². The van der Waals surface area contributed by atoms with Crippen LogP contribution in [0.1, 0.15) is 18.1 Å². The van der Waals surface area contributed by atoms with Crippen molar-refractivity contribution in [3.63, 3.8) is 0 Å². The van der Waals surface area contributed by atoms with Gasteiger partial charge in [-0.3, -0.25) is 9.59 Å². The maximum absolute atomic E-state index is 12.6. The molecule has 0 fully saturated rings. The molecule has 6 nitrogen and oxygen atoms in total. The molecule has 0 saturated heterocycles. The maximum atomic E-state index is 12.6. The molecule has 1 heterocycles. The third-order valence-electron chi connectivity index (χ3n) is 4.13. The monoisotopic (exact) mass is 353 g/mol. The minimum Gasteiger partial charge on any atom is -0.493 e. The molecule has 1 amide bonds. The van der Waals surface area contributed by atoms with Crippen LogP contribution >= 0.6 is 0 Å². The van der Waals surface area contributed by atoms with Gasteiger partial charge in [-0.05, 0) is 29.8 Å². The average Bonchev–Trinajstić information content (AvgIpc) is 2.87. The molecule has 6 heteroatoms. The number of amides is 1. The lowest BCUT2D eigenvalue weighted by atomic mass is 10.0. The fourth-order valence-electron chi connectivity index (χ4n) is 2.93. The summed E-state index contributed by atoms with van der Waals surface area (Å²) in [4.78, 5) is 25.6. The number of ether oxygens (including phenoxy) is 3. The van der Waals surface area contributed by atoms with Gasteiger partial charge in [0.25, 0.3) is 5.91 Å². The van der Waals surface area contributed by atoms with Crippen LogP contribution < -0.4 is 19.1 Å². The van der Waals surface area contributed by atoms with Crippen LogP contribution in [0.4, 0.5) is 5.69 Å². The lowest BCUT2D eigenvalue weighted by molar-refractivity contribution is -0.132. The predicted octanol–water partition coefficient (Wildman–Crippen LogP) is 3.15. The SMILES string of the molecule is COc1cc(/C=C2\C(=O)N(C)c3ccccc32)cc(OC)c1OC(C)=O. The van der Waals surface area contributed by atoms with Gasteiger partial charge in [0.15, 0.2) is 11.5 Å². The van der Waals surface area contributed by atoms with Crippen LogP contribution in [0, 0.1) is 0 Å². The number of hydrogen-bond donors (Lipinski definition) is 0. The van der Waals surface area contributed by atoms with Crippen LogP contribution in [0.15, 0.2) is 36.4 Å². The third-order valence-corrected chi connectivity index (χ3v) is 4.13. The van der Waals surface area contributed by atoms with Crippen molar-refractivity contribution in [2.24, 2.45) is 0 Å². The molecule has 0 aromatic heterocycles. The Balaban J connectivity index is 2.12.